The van der Waals surface area contributed by atoms with Crippen molar-refractivity contribution in [2.24, 2.45) is 5.73 Å². The number of carbonyl (C=O) groups is 1. The zero-order chi connectivity index (χ0) is 16.9. The van der Waals surface area contributed by atoms with Gasteiger partial charge in [-0.1, -0.05) is 25.5 Å². The van der Waals surface area contributed by atoms with Crippen LogP contribution in [0.3, 0.4) is 0 Å². The molecule has 1 aliphatic heterocycles. The van der Waals surface area contributed by atoms with E-state index in [4.69, 9.17) is 15.5 Å². The summed E-state index contributed by atoms with van der Waals surface area (Å²) >= 11 is 0. The molecule has 0 aliphatic carbocycles. The van der Waals surface area contributed by atoms with Gasteiger partial charge in [-0.05, 0) is 37.8 Å². The minimum absolute atomic E-state index is 0.0294. The van der Waals surface area contributed by atoms with Crippen LogP contribution in [-0.4, -0.2) is 27.3 Å². The Morgan fingerprint density at radius 3 is 2.75 bits per heavy atom. The number of rotatable bonds is 6. The fourth-order valence-electron chi connectivity index (χ4n) is 2.91. The first kappa shape index (κ1) is 16.6. The van der Waals surface area contributed by atoms with Crippen LogP contribution in [0.25, 0.3) is 11.4 Å². The summed E-state index contributed by atoms with van der Waals surface area (Å²) in [6.07, 6.45) is 5.46. The molecule has 1 aliphatic rings. The number of aromatic nitrogens is 3. The number of aryl methyl sites for hydroxylation is 1. The Kier molecular flexibility index (Phi) is 5.25. The van der Waals surface area contributed by atoms with E-state index in [1.54, 1.807) is 12.1 Å². The van der Waals surface area contributed by atoms with Crippen LogP contribution < -0.4 is 5.73 Å². The number of carbonyl (C=O) groups excluding carboxylic acids is 1. The minimum atomic E-state index is -0.431. The van der Waals surface area contributed by atoms with Crippen LogP contribution in [0.15, 0.2) is 24.3 Å². The van der Waals surface area contributed by atoms with Crippen LogP contribution in [0, 0.1) is 0 Å². The highest BCUT2D eigenvalue weighted by Gasteiger charge is 2.23. The molecule has 1 amide bonds. The van der Waals surface area contributed by atoms with E-state index in [1.165, 1.54) is 0 Å². The summed E-state index contributed by atoms with van der Waals surface area (Å²) in [6.45, 7) is 3.79. The molecule has 1 aromatic carbocycles. The van der Waals surface area contributed by atoms with Gasteiger partial charge in [0.25, 0.3) is 0 Å². The van der Waals surface area contributed by atoms with Gasteiger partial charge >= 0.3 is 0 Å². The Bertz CT molecular complexity index is 688. The van der Waals surface area contributed by atoms with Gasteiger partial charge in [0, 0.05) is 24.3 Å². The van der Waals surface area contributed by atoms with E-state index in [2.05, 4.69) is 12.0 Å². The SMILES string of the molecule is CCCCn1nc(-c2ccc(C(N)=O)cc2)nc1C1CCCCO1. The summed E-state index contributed by atoms with van der Waals surface area (Å²) in [5.74, 6) is 1.16. The molecule has 2 N–H and O–H groups in total. The van der Waals surface area contributed by atoms with Gasteiger partial charge < -0.3 is 10.5 Å². The van der Waals surface area contributed by atoms with E-state index < -0.39 is 5.91 Å². The maximum Gasteiger partial charge on any atom is 0.248 e. The number of amides is 1. The van der Waals surface area contributed by atoms with E-state index in [-0.39, 0.29) is 6.10 Å². The van der Waals surface area contributed by atoms with Gasteiger partial charge in [0.05, 0.1) is 0 Å². The third-order valence-electron chi connectivity index (χ3n) is 4.32. The van der Waals surface area contributed by atoms with Gasteiger partial charge in [0.15, 0.2) is 11.6 Å². The lowest BCUT2D eigenvalue weighted by Crippen LogP contribution is -2.17. The van der Waals surface area contributed by atoms with Crippen molar-refractivity contribution in [1.29, 1.82) is 0 Å². The van der Waals surface area contributed by atoms with E-state index in [9.17, 15) is 4.79 Å². The van der Waals surface area contributed by atoms with Crippen molar-refractivity contribution in [3.63, 3.8) is 0 Å². The molecule has 1 unspecified atom stereocenters. The summed E-state index contributed by atoms with van der Waals surface area (Å²) < 4.78 is 7.88. The summed E-state index contributed by atoms with van der Waals surface area (Å²) in [5, 5.41) is 4.68. The molecule has 1 aromatic heterocycles. The highest BCUT2D eigenvalue weighted by atomic mass is 16.5. The highest BCUT2D eigenvalue weighted by Crippen LogP contribution is 2.28. The largest absolute Gasteiger partial charge is 0.370 e. The van der Waals surface area contributed by atoms with E-state index in [1.807, 2.05) is 16.8 Å². The average Bonchev–Trinajstić information content (AvgIpc) is 3.05. The zero-order valence-electron chi connectivity index (χ0n) is 14.1. The molecular formula is C18H24N4O2. The van der Waals surface area contributed by atoms with Crippen LogP contribution in [0.4, 0.5) is 0 Å². The quantitative estimate of drug-likeness (QED) is 0.883. The van der Waals surface area contributed by atoms with Crippen LogP contribution in [0.2, 0.25) is 0 Å². The second-order valence-electron chi connectivity index (χ2n) is 6.17. The van der Waals surface area contributed by atoms with Crippen molar-refractivity contribution < 1.29 is 9.53 Å². The van der Waals surface area contributed by atoms with Crippen molar-refractivity contribution in [2.75, 3.05) is 6.61 Å². The van der Waals surface area contributed by atoms with Crippen molar-refractivity contribution in [3.05, 3.63) is 35.7 Å². The van der Waals surface area contributed by atoms with Gasteiger partial charge in [-0.2, -0.15) is 5.10 Å². The Morgan fingerprint density at radius 1 is 1.33 bits per heavy atom. The molecule has 6 nitrogen and oxygen atoms in total. The van der Waals surface area contributed by atoms with Gasteiger partial charge in [-0.15, -0.1) is 0 Å². The first-order valence-corrected chi connectivity index (χ1v) is 8.65. The predicted molar refractivity (Wildman–Crippen MR) is 91.4 cm³/mol. The Hall–Kier alpha value is -2.21. The maximum absolute atomic E-state index is 11.2. The van der Waals surface area contributed by atoms with Crippen LogP contribution in [0.5, 0.6) is 0 Å². The molecule has 24 heavy (non-hydrogen) atoms. The number of nitrogens with zero attached hydrogens (tertiary/aromatic N) is 3. The maximum atomic E-state index is 11.2. The molecule has 1 saturated heterocycles. The smallest absolute Gasteiger partial charge is 0.248 e. The molecule has 1 fully saturated rings. The topological polar surface area (TPSA) is 83.0 Å². The zero-order valence-corrected chi connectivity index (χ0v) is 14.1. The fraction of sp³-hybridized carbons (Fsp3) is 0.500. The molecule has 0 spiro atoms. The Balaban J connectivity index is 1.89. The van der Waals surface area contributed by atoms with Gasteiger partial charge in [0.1, 0.15) is 6.10 Å². The molecule has 128 valence electrons. The van der Waals surface area contributed by atoms with E-state index >= 15 is 0 Å². The van der Waals surface area contributed by atoms with Crippen LogP contribution >= 0.6 is 0 Å². The Labute approximate surface area is 142 Å². The van der Waals surface area contributed by atoms with Crippen LogP contribution in [-0.2, 0) is 11.3 Å². The van der Waals surface area contributed by atoms with Crippen molar-refractivity contribution in [1.82, 2.24) is 14.8 Å². The molecule has 2 aromatic rings. The lowest BCUT2D eigenvalue weighted by atomic mass is 10.1. The third kappa shape index (κ3) is 3.64. The van der Waals surface area contributed by atoms with Crippen molar-refractivity contribution in [2.45, 2.75) is 51.7 Å². The van der Waals surface area contributed by atoms with Gasteiger partial charge in [0.2, 0.25) is 5.91 Å². The van der Waals surface area contributed by atoms with Gasteiger partial charge in [-0.25, -0.2) is 9.67 Å². The number of primary amides is 1. The second kappa shape index (κ2) is 7.57. The third-order valence-corrected chi connectivity index (χ3v) is 4.32. The summed E-state index contributed by atoms with van der Waals surface area (Å²) in [7, 11) is 0. The van der Waals surface area contributed by atoms with Crippen molar-refractivity contribution >= 4 is 5.91 Å². The molecule has 1 atom stereocenters. The minimum Gasteiger partial charge on any atom is -0.370 e. The second-order valence-corrected chi connectivity index (χ2v) is 6.17. The van der Waals surface area contributed by atoms with Crippen LogP contribution in [0.1, 0.15) is 61.3 Å². The summed E-state index contributed by atoms with van der Waals surface area (Å²) in [4.78, 5) is 15.9. The average molecular weight is 328 g/mol. The highest BCUT2D eigenvalue weighted by molar-refractivity contribution is 5.93. The Morgan fingerprint density at radius 2 is 2.12 bits per heavy atom. The lowest BCUT2D eigenvalue weighted by Gasteiger charge is -2.22. The predicted octanol–water partition coefficient (Wildman–Crippen LogP) is 3.09. The lowest BCUT2D eigenvalue weighted by molar-refractivity contribution is 0.00665. The molecule has 0 bridgehead atoms. The molecule has 3 rings (SSSR count). The molecule has 2 heterocycles. The number of unbranched alkanes of at least 4 members (excludes halogenated alkanes) is 1. The standard InChI is InChI=1S/C18H24N4O2/c1-2-3-11-22-18(15-6-4-5-12-24-15)20-17(21-22)14-9-7-13(8-10-14)16(19)23/h7-10,15H,2-6,11-12H2,1H3,(H2,19,23). The number of ether oxygens (including phenoxy) is 1. The number of hydrogen-bond donors (Lipinski definition) is 1. The van der Waals surface area contributed by atoms with E-state index in [0.717, 1.165) is 56.6 Å². The fourth-order valence-corrected chi connectivity index (χ4v) is 2.91. The molecule has 6 heteroatoms. The molecular weight excluding hydrogens is 304 g/mol. The normalized spacial score (nSPS) is 17.8. The summed E-state index contributed by atoms with van der Waals surface area (Å²) in [5.41, 5.74) is 6.66. The first-order valence-electron chi connectivity index (χ1n) is 8.65. The van der Waals surface area contributed by atoms with E-state index in [0.29, 0.717) is 11.4 Å². The van der Waals surface area contributed by atoms with Gasteiger partial charge in [-0.3, -0.25) is 4.79 Å². The number of hydrogen-bond acceptors (Lipinski definition) is 4. The first-order chi connectivity index (χ1) is 11.7. The number of benzene rings is 1. The van der Waals surface area contributed by atoms with Crippen molar-refractivity contribution in [3.8, 4) is 11.4 Å². The molecule has 0 radical (unpaired) electrons. The monoisotopic (exact) mass is 328 g/mol. The number of nitrogens with two attached hydrogens (primary N) is 1. The summed E-state index contributed by atoms with van der Waals surface area (Å²) in [6, 6.07) is 7.10. The molecule has 0 saturated carbocycles.